The molecule has 2 N–H and O–H groups in total. The number of pyridine rings is 1. The van der Waals surface area contributed by atoms with Gasteiger partial charge in [-0.25, -0.2) is 22.2 Å². The first-order valence-corrected chi connectivity index (χ1v) is 11.7. The van der Waals surface area contributed by atoms with Crippen LogP contribution in [-0.4, -0.2) is 25.7 Å². The maximum Gasteiger partial charge on any atom is 0.261 e. The first-order valence-electron chi connectivity index (χ1n) is 9.18. The second kappa shape index (κ2) is 8.15. The molecule has 0 bridgehead atoms. The van der Waals surface area contributed by atoms with E-state index < -0.39 is 44.6 Å². The molecule has 0 aliphatic carbocycles. The molecule has 0 saturated carbocycles. The molecule has 10 heteroatoms. The summed E-state index contributed by atoms with van der Waals surface area (Å²) in [4.78, 5) is 17.2. The molecular weight excluding hydrogens is 539 g/mol. The minimum absolute atomic E-state index is 0.0707. The number of fused-ring (bicyclic) bond motifs is 1. The number of rotatable bonds is 5. The van der Waals surface area contributed by atoms with Gasteiger partial charge in [0.25, 0.3) is 10.0 Å². The number of aryl methyl sites for hydroxylation is 1. The van der Waals surface area contributed by atoms with E-state index in [2.05, 4.69) is 15.0 Å². The third kappa shape index (κ3) is 4.13. The number of benzene rings is 2. The number of carbonyl (C=O) groups excluding carboxylic acids is 1. The lowest BCUT2D eigenvalue weighted by Gasteiger charge is -2.14. The fourth-order valence-corrected chi connectivity index (χ4v) is 5.07. The van der Waals surface area contributed by atoms with Crippen molar-refractivity contribution in [2.24, 2.45) is 0 Å². The predicted octanol–water partition coefficient (Wildman–Crippen LogP) is 4.47. The van der Waals surface area contributed by atoms with Crippen LogP contribution in [0.3, 0.4) is 0 Å². The van der Waals surface area contributed by atoms with Gasteiger partial charge in [0, 0.05) is 21.9 Å². The Kier molecular flexibility index (Phi) is 5.69. The van der Waals surface area contributed by atoms with Gasteiger partial charge in [-0.2, -0.15) is 0 Å². The monoisotopic (exact) mass is 555 g/mol. The van der Waals surface area contributed by atoms with Gasteiger partial charge < -0.3 is 5.32 Å². The van der Waals surface area contributed by atoms with Gasteiger partial charge in [-0.3, -0.25) is 9.52 Å². The molecule has 3 aromatic rings. The van der Waals surface area contributed by atoms with Crippen LogP contribution in [0.25, 0.3) is 0 Å². The number of ketones is 1. The molecule has 0 spiro atoms. The van der Waals surface area contributed by atoms with Crippen molar-refractivity contribution in [2.45, 2.75) is 17.7 Å². The molecule has 6 nitrogen and oxygen atoms in total. The molecule has 31 heavy (non-hydrogen) atoms. The van der Waals surface area contributed by atoms with Crippen LogP contribution in [0.15, 0.2) is 53.6 Å². The second-order valence-electron chi connectivity index (χ2n) is 7.10. The van der Waals surface area contributed by atoms with Crippen molar-refractivity contribution < 1.29 is 22.0 Å². The summed E-state index contributed by atoms with van der Waals surface area (Å²) in [5, 5.41) is 2.95. The number of hydrogen-bond donors (Lipinski definition) is 2. The van der Waals surface area contributed by atoms with Crippen LogP contribution in [0.1, 0.15) is 27.4 Å². The number of aromatic nitrogens is 1. The van der Waals surface area contributed by atoms with Crippen molar-refractivity contribution in [2.75, 3.05) is 16.6 Å². The van der Waals surface area contributed by atoms with E-state index in [-0.39, 0.29) is 11.4 Å². The van der Waals surface area contributed by atoms with Crippen LogP contribution in [0.5, 0.6) is 0 Å². The molecule has 1 aliphatic rings. The number of carbonyl (C=O) groups is 1. The highest BCUT2D eigenvalue weighted by Gasteiger charge is 2.34. The van der Waals surface area contributed by atoms with Crippen molar-refractivity contribution in [3.63, 3.8) is 0 Å². The molecule has 1 unspecified atom stereocenters. The van der Waals surface area contributed by atoms with E-state index in [1.807, 2.05) is 22.6 Å². The highest BCUT2D eigenvalue weighted by Crippen LogP contribution is 2.35. The fraction of sp³-hybridized carbons (Fsp3) is 0.143. The number of nitrogens with one attached hydrogen (secondary N) is 2. The highest BCUT2D eigenvalue weighted by molar-refractivity contribution is 14.1. The van der Waals surface area contributed by atoms with E-state index in [0.29, 0.717) is 16.9 Å². The Balaban J connectivity index is 1.71. The lowest BCUT2D eigenvalue weighted by atomic mass is 9.92. The Morgan fingerprint density at radius 2 is 2.00 bits per heavy atom. The zero-order valence-corrected chi connectivity index (χ0v) is 19.1. The van der Waals surface area contributed by atoms with Crippen molar-refractivity contribution in [1.82, 2.24) is 4.98 Å². The summed E-state index contributed by atoms with van der Waals surface area (Å²) in [5.74, 6) is -3.47. The van der Waals surface area contributed by atoms with Crippen molar-refractivity contribution in [1.29, 1.82) is 0 Å². The second-order valence-corrected chi connectivity index (χ2v) is 10.0. The largest absolute Gasteiger partial charge is 0.369 e. The van der Waals surface area contributed by atoms with E-state index in [9.17, 15) is 17.6 Å². The Hall–Kier alpha value is -2.60. The standard InChI is InChI=1S/C21H16F2IN3O3S/c1-11-3-2-4-13(7-11)31(29,30)27-17-6-5-16(22)18(19(17)23)20(28)15-10-26-21-14(15)8-12(24)9-25-21/h2-9,15,27H,10H2,1H3,(H,25,26). The van der Waals surface area contributed by atoms with Gasteiger partial charge in [0.1, 0.15) is 11.6 Å². The van der Waals surface area contributed by atoms with E-state index in [0.717, 1.165) is 15.7 Å². The maximum atomic E-state index is 15.2. The number of nitrogens with zero attached hydrogens (tertiary/aromatic N) is 1. The van der Waals surface area contributed by atoms with E-state index in [4.69, 9.17) is 0 Å². The number of sulfonamides is 1. The van der Waals surface area contributed by atoms with Gasteiger partial charge in [-0.05, 0) is 65.4 Å². The van der Waals surface area contributed by atoms with Crippen LogP contribution in [0.4, 0.5) is 20.3 Å². The first kappa shape index (κ1) is 21.6. The van der Waals surface area contributed by atoms with Gasteiger partial charge in [0.2, 0.25) is 0 Å². The summed E-state index contributed by atoms with van der Waals surface area (Å²) >= 11 is 2.04. The Morgan fingerprint density at radius 1 is 1.23 bits per heavy atom. The summed E-state index contributed by atoms with van der Waals surface area (Å²) in [5.41, 5.74) is -0.0449. The summed E-state index contributed by atoms with van der Waals surface area (Å²) < 4.78 is 57.9. The van der Waals surface area contributed by atoms with Gasteiger partial charge in [0.15, 0.2) is 11.6 Å². The maximum absolute atomic E-state index is 15.2. The molecule has 160 valence electrons. The van der Waals surface area contributed by atoms with Crippen molar-refractivity contribution in [3.8, 4) is 0 Å². The normalized spacial score (nSPS) is 15.3. The van der Waals surface area contributed by atoms with Crippen LogP contribution >= 0.6 is 22.6 Å². The number of halogens is 3. The number of Topliss-reactive ketones (excluding diaryl/α,β-unsaturated/α-hetero) is 1. The van der Waals surface area contributed by atoms with Gasteiger partial charge in [-0.1, -0.05) is 12.1 Å². The molecule has 2 heterocycles. The zero-order valence-electron chi connectivity index (χ0n) is 16.1. The minimum atomic E-state index is -4.13. The van der Waals surface area contributed by atoms with Crippen LogP contribution in [0.2, 0.25) is 0 Å². The molecule has 1 aromatic heterocycles. The average Bonchev–Trinajstić information content (AvgIpc) is 3.13. The quantitative estimate of drug-likeness (QED) is 0.359. The van der Waals surface area contributed by atoms with E-state index in [1.54, 1.807) is 31.3 Å². The summed E-state index contributed by atoms with van der Waals surface area (Å²) in [7, 11) is -4.13. The smallest absolute Gasteiger partial charge is 0.261 e. The zero-order chi connectivity index (χ0) is 22.3. The van der Waals surface area contributed by atoms with E-state index >= 15 is 4.39 Å². The predicted molar refractivity (Wildman–Crippen MR) is 121 cm³/mol. The Morgan fingerprint density at radius 3 is 2.74 bits per heavy atom. The average molecular weight is 555 g/mol. The third-order valence-corrected chi connectivity index (χ3v) is 6.88. The number of anilines is 2. The molecule has 0 radical (unpaired) electrons. The SMILES string of the molecule is Cc1cccc(S(=O)(=O)Nc2ccc(F)c(C(=O)C3CNc4ncc(I)cc43)c2F)c1. The molecule has 0 amide bonds. The third-order valence-electron chi connectivity index (χ3n) is 4.93. The Bertz CT molecular complexity index is 1320. The lowest BCUT2D eigenvalue weighted by molar-refractivity contribution is 0.0958. The molecule has 2 aromatic carbocycles. The Labute approximate surface area is 191 Å². The fourth-order valence-electron chi connectivity index (χ4n) is 3.43. The molecule has 4 rings (SSSR count). The lowest BCUT2D eigenvalue weighted by Crippen LogP contribution is -2.20. The molecule has 1 aliphatic heterocycles. The molecular formula is C21H16F2IN3O3S. The highest BCUT2D eigenvalue weighted by atomic mass is 127. The minimum Gasteiger partial charge on any atom is -0.369 e. The van der Waals surface area contributed by atoms with Crippen molar-refractivity contribution >= 4 is 49.9 Å². The molecule has 1 atom stereocenters. The molecule has 0 fully saturated rings. The van der Waals surface area contributed by atoms with Crippen LogP contribution < -0.4 is 10.0 Å². The summed E-state index contributed by atoms with van der Waals surface area (Å²) in [6.45, 7) is 1.86. The molecule has 0 saturated heterocycles. The van der Waals surface area contributed by atoms with E-state index in [1.165, 1.54) is 12.1 Å². The van der Waals surface area contributed by atoms with Crippen LogP contribution in [0, 0.1) is 22.1 Å². The summed E-state index contributed by atoms with van der Waals surface area (Å²) in [6, 6.07) is 9.62. The number of hydrogen-bond acceptors (Lipinski definition) is 5. The topological polar surface area (TPSA) is 88.2 Å². The summed E-state index contributed by atoms with van der Waals surface area (Å²) in [6.07, 6.45) is 1.61. The van der Waals surface area contributed by atoms with Gasteiger partial charge >= 0.3 is 0 Å². The van der Waals surface area contributed by atoms with Gasteiger partial charge in [0.05, 0.1) is 22.1 Å². The van der Waals surface area contributed by atoms with Crippen LogP contribution in [-0.2, 0) is 10.0 Å². The first-order chi connectivity index (χ1) is 14.7. The van der Waals surface area contributed by atoms with Crippen molar-refractivity contribution in [3.05, 3.63) is 80.6 Å². The van der Waals surface area contributed by atoms with Gasteiger partial charge in [-0.15, -0.1) is 0 Å².